The number of sulfonamides is 1. The Bertz CT molecular complexity index is 622. The maximum atomic E-state index is 12.5. The van der Waals surface area contributed by atoms with Crippen molar-refractivity contribution in [2.75, 3.05) is 26.4 Å². The topological polar surface area (TPSA) is 73.9 Å². The van der Waals surface area contributed by atoms with Crippen molar-refractivity contribution >= 4 is 10.0 Å². The fraction of sp³-hybridized carbons (Fsp3) is 0.571. The molecule has 6 nitrogen and oxygen atoms in total. The lowest BCUT2D eigenvalue weighted by atomic mass is 9.94. The summed E-state index contributed by atoms with van der Waals surface area (Å²) in [4.78, 5) is 0.194. The Morgan fingerprint density at radius 3 is 2.43 bits per heavy atom. The third kappa shape index (κ3) is 3.14. The standard InChI is InChI=1S/C14H19NO5S/c1-14(4-6-18-7-5-14)15-21(16,17)11-2-3-12-13(10-11)20-9-8-19-12/h2-3,10,15H,4-9H2,1H3. The lowest BCUT2D eigenvalue weighted by molar-refractivity contribution is 0.0537. The van der Waals surface area contributed by atoms with Crippen molar-refractivity contribution in [3.8, 4) is 11.5 Å². The molecule has 2 aliphatic heterocycles. The quantitative estimate of drug-likeness (QED) is 0.910. The Morgan fingerprint density at radius 2 is 1.71 bits per heavy atom. The van der Waals surface area contributed by atoms with Crippen molar-refractivity contribution < 1.29 is 22.6 Å². The van der Waals surface area contributed by atoms with Gasteiger partial charge in [-0.2, -0.15) is 0 Å². The number of hydrogen-bond donors (Lipinski definition) is 1. The fourth-order valence-electron chi connectivity index (χ4n) is 2.50. The molecule has 0 atom stereocenters. The zero-order valence-electron chi connectivity index (χ0n) is 11.9. The molecule has 7 heteroatoms. The molecule has 1 aromatic rings. The second-order valence-corrected chi connectivity index (χ2v) is 7.27. The van der Waals surface area contributed by atoms with E-state index in [0.717, 1.165) is 0 Å². The van der Waals surface area contributed by atoms with E-state index in [0.29, 0.717) is 50.8 Å². The Hall–Kier alpha value is -1.31. The first-order chi connectivity index (χ1) is 9.99. The number of rotatable bonds is 3. The first-order valence-electron chi connectivity index (χ1n) is 7.00. The summed E-state index contributed by atoms with van der Waals surface area (Å²) in [6.07, 6.45) is 1.33. The molecule has 116 valence electrons. The van der Waals surface area contributed by atoms with E-state index in [1.54, 1.807) is 12.1 Å². The number of benzene rings is 1. The second kappa shape index (κ2) is 5.47. The van der Waals surface area contributed by atoms with Crippen LogP contribution >= 0.6 is 0 Å². The van der Waals surface area contributed by atoms with Gasteiger partial charge in [-0.15, -0.1) is 0 Å². The predicted molar refractivity (Wildman–Crippen MR) is 76.2 cm³/mol. The van der Waals surface area contributed by atoms with Crippen molar-refractivity contribution in [1.29, 1.82) is 0 Å². The van der Waals surface area contributed by atoms with E-state index in [2.05, 4.69) is 4.72 Å². The smallest absolute Gasteiger partial charge is 0.241 e. The zero-order chi connectivity index (χ0) is 14.9. The third-order valence-electron chi connectivity index (χ3n) is 3.80. The number of ether oxygens (including phenoxy) is 3. The van der Waals surface area contributed by atoms with Gasteiger partial charge in [0.2, 0.25) is 10.0 Å². The molecule has 0 saturated carbocycles. The van der Waals surface area contributed by atoms with Gasteiger partial charge in [0, 0.05) is 24.8 Å². The third-order valence-corrected chi connectivity index (χ3v) is 5.44. The van der Waals surface area contributed by atoms with Gasteiger partial charge >= 0.3 is 0 Å². The monoisotopic (exact) mass is 313 g/mol. The number of nitrogens with one attached hydrogen (secondary N) is 1. The Kier molecular flexibility index (Phi) is 3.81. The van der Waals surface area contributed by atoms with Gasteiger partial charge < -0.3 is 14.2 Å². The summed E-state index contributed by atoms with van der Waals surface area (Å²) in [7, 11) is -3.59. The van der Waals surface area contributed by atoms with Crippen LogP contribution in [0.4, 0.5) is 0 Å². The highest BCUT2D eigenvalue weighted by atomic mass is 32.2. The van der Waals surface area contributed by atoms with Gasteiger partial charge in [0.05, 0.1) is 4.90 Å². The van der Waals surface area contributed by atoms with E-state index in [1.807, 2.05) is 6.92 Å². The van der Waals surface area contributed by atoms with E-state index in [1.165, 1.54) is 6.07 Å². The van der Waals surface area contributed by atoms with Crippen LogP contribution in [-0.4, -0.2) is 40.4 Å². The Labute approximate surface area is 124 Å². The highest BCUT2D eigenvalue weighted by Gasteiger charge is 2.33. The van der Waals surface area contributed by atoms with Crippen LogP contribution in [0, 0.1) is 0 Å². The van der Waals surface area contributed by atoms with Gasteiger partial charge in [0.25, 0.3) is 0 Å². The van der Waals surface area contributed by atoms with Crippen LogP contribution in [0.5, 0.6) is 11.5 Å². The van der Waals surface area contributed by atoms with E-state index in [9.17, 15) is 8.42 Å². The van der Waals surface area contributed by atoms with E-state index >= 15 is 0 Å². The van der Waals surface area contributed by atoms with Gasteiger partial charge in [-0.1, -0.05) is 0 Å². The molecule has 21 heavy (non-hydrogen) atoms. The van der Waals surface area contributed by atoms with Crippen LogP contribution in [0.1, 0.15) is 19.8 Å². The molecule has 2 aliphatic rings. The molecule has 0 bridgehead atoms. The number of fused-ring (bicyclic) bond motifs is 1. The molecule has 1 aromatic carbocycles. The summed E-state index contributed by atoms with van der Waals surface area (Å²) in [5.41, 5.74) is -0.468. The first-order valence-corrected chi connectivity index (χ1v) is 8.48. The Morgan fingerprint density at radius 1 is 1.05 bits per heavy atom. The van der Waals surface area contributed by atoms with Crippen LogP contribution < -0.4 is 14.2 Å². The van der Waals surface area contributed by atoms with Crippen LogP contribution in [-0.2, 0) is 14.8 Å². The van der Waals surface area contributed by atoms with Crippen LogP contribution in [0.3, 0.4) is 0 Å². The Balaban J connectivity index is 1.84. The van der Waals surface area contributed by atoms with E-state index in [-0.39, 0.29) is 4.90 Å². The summed E-state index contributed by atoms with van der Waals surface area (Å²) in [5.74, 6) is 1.05. The average molecular weight is 313 g/mol. The molecule has 1 saturated heterocycles. The van der Waals surface area contributed by atoms with Crippen molar-refractivity contribution in [1.82, 2.24) is 4.72 Å². The molecule has 0 aromatic heterocycles. The van der Waals surface area contributed by atoms with E-state index < -0.39 is 15.6 Å². The molecule has 1 fully saturated rings. The molecule has 0 spiro atoms. The molecule has 0 radical (unpaired) electrons. The van der Waals surface area contributed by atoms with Crippen LogP contribution in [0.2, 0.25) is 0 Å². The molecule has 0 amide bonds. The lowest BCUT2D eigenvalue weighted by Crippen LogP contribution is -2.49. The summed E-state index contributed by atoms with van der Waals surface area (Å²) < 4.78 is 44.0. The second-order valence-electron chi connectivity index (χ2n) is 5.58. The van der Waals surface area contributed by atoms with Crippen molar-refractivity contribution in [2.24, 2.45) is 0 Å². The molecule has 0 unspecified atom stereocenters. The minimum Gasteiger partial charge on any atom is -0.486 e. The molecule has 3 rings (SSSR count). The minimum atomic E-state index is -3.59. The fourth-order valence-corrected chi connectivity index (χ4v) is 3.98. The lowest BCUT2D eigenvalue weighted by Gasteiger charge is -2.34. The summed E-state index contributed by atoms with van der Waals surface area (Å²) in [6, 6.07) is 4.69. The van der Waals surface area contributed by atoms with Gasteiger partial charge in [0.1, 0.15) is 13.2 Å². The van der Waals surface area contributed by atoms with Crippen LogP contribution in [0.25, 0.3) is 0 Å². The highest BCUT2D eigenvalue weighted by Crippen LogP contribution is 2.33. The molecular weight excluding hydrogens is 294 g/mol. The van der Waals surface area contributed by atoms with Gasteiger partial charge in [-0.3, -0.25) is 0 Å². The number of hydrogen-bond acceptors (Lipinski definition) is 5. The van der Waals surface area contributed by atoms with Crippen molar-refractivity contribution in [3.05, 3.63) is 18.2 Å². The normalized spacial score (nSPS) is 21.0. The molecule has 0 aliphatic carbocycles. The predicted octanol–water partition coefficient (Wildman–Crippen LogP) is 1.31. The average Bonchev–Trinajstić information content (AvgIpc) is 2.46. The van der Waals surface area contributed by atoms with E-state index in [4.69, 9.17) is 14.2 Å². The zero-order valence-corrected chi connectivity index (χ0v) is 12.7. The van der Waals surface area contributed by atoms with Gasteiger partial charge in [0.15, 0.2) is 11.5 Å². The van der Waals surface area contributed by atoms with Crippen molar-refractivity contribution in [3.63, 3.8) is 0 Å². The van der Waals surface area contributed by atoms with Crippen molar-refractivity contribution in [2.45, 2.75) is 30.2 Å². The summed E-state index contributed by atoms with van der Waals surface area (Å²) >= 11 is 0. The van der Waals surface area contributed by atoms with Gasteiger partial charge in [-0.25, -0.2) is 13.1 Å². The summed E-state index contributed by atoms with van der Waals surface area (Å²) in [6.45, 7) is 3.96. The minimum absolute atomic E-state index is 0.194. The molecule has 2 heterocycles. The molecule has 1 N–H and O–H groups in total. The maximum Gasteiger partial charge on any atom is 0.241 e. The first kappa shape index (κ1) is 14.6. The van der Waals surface area contributed by atoms with Gasteiger partial charge in [-0.05, 0) is 31.9 Å². The van der Waals surface area contributed by atoms with Crippen LogP contribution in [0.15, 0.2) is 23.1 Å². The highest BCUT2D eigenvalue weighted by molar-refractivity contribution is 7.89. The summed E-state index contributed by atoms with van der Waals surface area (Å²) in [5, 5.41) is 0. The largest absolute Gasteiger partial charge is 0.486 e. The SMILES string of the molecule is CC1(NS(=O)(=O)c2ccc3c(c2)OCCO3)CCOCC1. The maximum absolute atomic E-state index is 12.5. The molecular formula is C14H19NO5S.